The van der Waals surface area contributed by atoms with Gasteiger partial charge in [0.1, 0.15) is 0 Å². The van der Waals surface area contributed by atoms with Crippen LogP contribution in [0, 0.1) is 46.8 Å². The van der Waals surface area contributed by atoms with Gasteiger partial charge in [-0.15, -0.1) is 0 Å². The minimum absolute atomic E-state index is 0.247. The smallest absolute Gasteiger partial charge is 0.166 e. The Morgan fingerprint density at radius 3 is 2.32 bits per heavy atom. The number of carbonyl (C=O) groups is 1. The van der Waals surface area contributed by atoms with Crippen molar-refractivity contribution in [3.05, 3.63) is 35.4 Å². The van der Waals surface area contributed by atoms with Gasteiger partial charge in [0, 0.05) is 11.5 Å². The van der Waals surface area contributed by atoms with Crippen molar-refractivity contribution in [1.29, 1.82) is 0 Å². The van der Waals surface area contributed by atoms with Crippen LogP contribution in [0.2, 0.25) is 0 Å². The molecule has 4 saturated carbocycles. The molecular formula is C30H46O. The first kappa shape index (κ1) is 23.1. The van der Waals surface area contributed by atoms with Crippen molar-refractivity contribution < 1.29 is 4.79 Å². The molecule has 0 bridgehead atoms. The fourth-order valence-corrected chi connectivity index (χ4v) is 8.62. The van der Waals surface area contributed by atoms with Crippen LogP contribution in [0.1, 0.15) is 108 Å². The summed E-state index contributed by atoms with van der Waals surface area (Å²) in [5.74, 6) is 6.34. The molecule has 1 aromatic carbocycles. The quantitative estimate of drug-likeness (QED) is 0.447. The van der Waals surface area contributed by atoms with Crippen LogP contribution < -0.4 is 0 Å². The van der Waals surface area contributed by atoms with Crippen molar-refractivity contribution in [3.63, 3.8) is 0 Å². The molecule has 172 valence electrons. The lowest BCUT2D eigenvalue weighted by atomic mass is 9.49. The van der Waals surface area contributed by atoms with Gasteiger partial charge in [0.25, 0.3) is 0 Å². The molecule has 31 heavy (non-hydrogen) atoms. The molecule has 4 fully saturated rings. The summed E-state index contributed by atoms with van der Waals surface area (Å²) in [4.78, 5) is 13.5. The third kappa shape index (κ3) is 4.04. The minimum Gasteiger partial charge on any atom is -0.294 e. The molecule has 4 aliphatic rings. The molecule has 0 saturated heterocycles. The Bertz CT molecular complexity index is 748. The SMILES string of the molecule is CC.CCc1ccc(C(=O)C2CCC3C4CCC5CC(C)CCC5C4CCC23C)cc1. The molecule has 1 nitrogen and oxygen atoms in total. The van der Waals surface area contributed by atoms with Gasteiger partial charge in [0.2, 0.25) is 0 Å². The van der Waals surface area contributed by atoms with E-state index in [-0.39, 0.29) is 11.3 Å². The summed E-state index contributed by atoms with van der Waals surface area (Å²) in [5, 5.41) is 0. The Morgan fingerprint density at radius 1 is 0.903 bits per heavy atom. The molecular weight excluding hydrogens is 376 g/mol. The van der Waals surface area contributed by atoms with E-state index in [2.05, 4.69) is 45.0 Å². The van der Waals surface area contributed by atoms with Crippen LogP contribution >= 0.6 is 0 Å². The molecule has 5 rings (SSSR count). The predicted molar refractivity (Wildman–Crippen MR) is 131 cm³/mol. The van der Waals surface area contributed by atoms with Gasteiger partial charge in [-0.1, -0.05) is 65.3 Å². The number of benzene rings is 1. The van der Waals surface area contributed by atoms with E-state index in [1.165, 1.54) is 56.9 Å². The van der Waals surface area contributed by atoms with Gasteiger partial charge in [0.15, 0.2) is 5.78 Å². The third-order valence-electron chi connectivity index (χ3n) is 10.2. The first-order chi connectivity index (χ1) is 15.0. The highest BCUT2D eigenvalue weighted by atomic mass is 16.1. The molecule has 8 unspecified atom stereocenters. The van der Waals surface area contributed by atoms with Gasteiger partial charge >= 0.3 is 0 Å². The maximum Gasteiger partial charge on any atom is 0.166 e. The summed E-state index contributed by atoms with van der Waals surface area (Å²) in [7, 11) is 0. The molecule has 0 aliphatic heterocycles. The van der Waals surface area contributed by atoms with Crippen molar-refractivity contribution in [2.45, 2.75) is 98.8 Å². The summed E-state index contributed by atoms with van der Waals surface area (Å²) in [6.45, 7) is 11.2. The van der Waals surface area contributed by atoms with Gasteiger partial charge in [-0.3, -0.25) is 4.79 Å². The predicted octanol–water partition coefficient (Wildman–Crippen LogP) is 8.36. The summed E-state index contributed by atoms with van der Waals surface area (Å²) >= 11 is 0. The van der Waals surface area contributed by atoms with E-state index in [4.69, 9.17) is 0 Å². The Kier molecular flexibility index (Phi) is 6.99. The van der Waals surface area contributed by atoms with E-state index in [1.807, 2.05) is 13.8 Å². The average Bonchev–Trinajstić information content (AvgIpc) is 3.16. The fraction of sp³-hybridized carbons (Fsp3) is 0.767. The minimum atomic E-state index is 0.247. The average molecular weight is 423 g/mol. The Labute approximate surface area is 191 Å². The van der Waals surface area contributed by atoms with E-state index >= 15 is 0 Å². The monoisotopic (exact) mass is 422 g/mol. The van der Waals surface area contributed by atoms with Gasteiger partial charge in [-0.25, -0.2) is 0 Å². The van der Waals surface area contributed by atoms with Crippen LogP contribution in [-0.4, -0.2) is 5.78 Å². The second-order valence-electron chi connectivity index (χ2n) is 11.4. The number of ketones is 1. The number of hydrogen-bond acceptors (Lipinski definition) is 1. The van der Waals surface area contributed by atoms with Crippen molar-refractivity contribution in [2.75, 3.05) is 0 Å². The largest absolute Gasteiger partial charge is 0.294 e. The topological polar surface area (TPSA) is 17.1 Å². The summed E-state index contributed by atoms with van der Waals surface area (Å²) in [5.41, 5.74) is 2.54. The molecule has 8 atom stereocenters. The normalized spacial score (nSPS) is 41.3. The number of hydrogen-bond donors (Lipinski definition) is 0. The van der Waals surface area contributed by atoms with Crippen LogP contribution in [-0.2, 0) is 6.42 Å². The molecule has 0 aromatic heterocycles. The van der Waals surface area contributed by atoms with E-state index in [0.29, 0.717) is 5.78 Å². The first-order valence-corrected chi connectivity index (χ1v) is 13.6. The van der Waals surface area contributed by atoms with Gasteiger partial charge in [-0.2, -0.15) is 0 Å². The molecule has 0 N–H and O–H groups in total. The Hall–Kier alpha value is -1.11. The molecule has 0 amide bonds. The zero-order valence-corrected chi connectivity index (χ0v) is 20.8. The lowest BCUT2D eigenvalue weighted by molar-refractivity contribution is -0.0634. The number of Topliss-reactive ketones (excluding diaryl/α,β-unsaturated/α-hetero) is 1. The number of carbonyl (C=O) groups excluding carboxylic acids is 1. The van der Waals surface area contributed by atoms with Crippen molar-refractivity contribution in [1.82, 2.24) is 0 Å². The maximum atomic E-state index is 13.5. The second-order valence-corrected chi connectivity index (χ2v) is 11.4. The molecule has 1 aromatic rings. The molecule has 0 heterocycles. The van der Waals surface area contributed by atoms with Crippen molar-refractivity contribution in [3.8, 4) is 0 Å². The van der Waals surface area contributed by atoms with Crippen LogP contribution in [0.4, 0.5) is 0 Å². The number of rotatable bonds is 3. The molecule has 0 spiro atoms. The van der Waals surface area contributed by atoms with E-state index < -0.39 is 0 Å². The highest BCUT2D eigenvalue weighted by Gasteiger charge is 2.58. The van der Waals surface area contributed by atoms with E-state index in [9.17, 15) is 4.79 Å². The molecule has 1 heteroatoms. The van der Waals surface area contributed by atoms with Crippen LogP contribution in [0.15, 0.2) is 24.3 Å². The molecule has 0 radical (unpaired) electrons. The summed E-state index contributed by atoms with van der Waals surface area (Å²) in [6.07, 6.45) is 13.5. The maximum absolute atomic E-state index is 13.5. The highest BCUT2D eigenvalue weighted by molar-refractivity contribution is 5.98. The first-order valence-electron chi connectivity index (χ1n) is 13.6. The zero-order chi connectivity index (χ0) is 22.2. The van der Waals surface area contributed by atoms with Crippen LogP contribution in [0.25, 0.3) is 0 Å². The van der Waals surface area contributed by atoms with Crippen LogP contribution in [0.3, 0.4) is 0 Å². The van der Waals surface area contributed by atoms with Gasteiger partial charge in [-0.05, 0) is 104 Å². The van der Waals surface area contributed by atoms with Crippen LogP contribution in [0.5, 0.6) is 0 Å². The van der Waals surface area contributed by atoms with Gasteiger partial charge < -0.3 is 0 Å². The lowest BCUT2D eigenvalue weighted by Crippen LogP contribution is -2.49. The summed E-state index contributed by atoms with van der Waals surface area (Å²) < 4.78 is 0. The second kappa shape index (κ2) is 9.40. The third-order valence-corrected chi connectivity index (χ3v) is 10.2. The van der Waals surface area contributed by atoms with E-state index in [1.54, 1.807) is 0 Å². The molecule has 4 aliphatic carbocycles. The number of fused-ring (bicyclic) bond motifs is 5. The fourth-order valence-electron chi connectivity index (χ4n) is 8.62. The summed E-state index contributed by atoms with van der Waals surface area (Å²) in [6, 6.07) is 8.50. The highest BCUT2D eigenvalue weighted by Crippen LogP contribution is 2.64. The van der Waals surface area contributed by atoms with E-state index in [0.717, 1.165) is 53.9 Å². The Morgan fingerprint density at radius 2 is 1.61 bits per heavy atom. The standard InChI is InChI=1S/C28H40O.C2H6/c1-4-19-6-8-20(9-7-19)27(29)26-14-13-25-24-12-10-21-17-18(2)5-11-22(21)23(24)15-16-28(25,26)3;1-2/h6-9,18,21-26H,4-5,10-17H2,1-3H3;1-2H3. The Balaban J connectivity index is 0.00000112. The van der Waals surface area contributed by atoms with Crippen molar-refractivity contribution >= 4 is 5.78 Å². The number of aryl methyl sites for hydroxylation is 1. The van der Waals surface area contributed by atoms with Crippen molar-refractivity contribution in [2.24, 2.45) is 46.8 Å². The van der Waals surface area contributed by atoms with Gasteiger partial charge in [0.05, 0.1) is 0 Å². The lowest BCUT2D eigenvalue weighted by Gasteiger charge is -2.56. The zero-order valence-electron chi connectivity index (χ0n) is 20.8.